The summed E-state index contributed by atoms with van der Waals surface area (Å²) >= 11 is 0. The first-order valence-corrected chi connectivity index (χ1v) is 6.82. The second-order valence-electron chi connectivity index (χ2n) is 4.77. The third-order valence-electron chi connectivity index (χ3n) is 3.34. The molecular formula is C17H17FN2O. The highest BCUT2D eigenvalue weighted by Crippen LogP contribution is 2.18. The molecular weight excluding hydrogens is 267 g/mol. The van der Waals surface area contributed by atoms with Crippen molar-refractivity contribution < 1.29 is 9.50 Å². The molecule has 0 heterocycles. The summed E-state index contributed by atoms with van der Waals surface area (Å²) in [6.07, 6.45) is 0.557. The summed E-state index contributed by atoms with van der Waals surface area (Å²) in [4.78, 5) is 0. The fourth-order valence-corrected chi connectivity index (χ4v) is 2.19. The third-order valence-corrected chi connectivity index (χ3v) is 3.34. The number of hydrogen-bond acceptors (Lipinski definition) is 3. The van der Waals surface area contributed by atoms with E-state index in [-0.39, 0.29) is 12.6 Å². The molecule has 0 bridgehead atoms. The van der Waals surface area contributed by atoms with Gasteiger partial charge in [0.15, 0.2) is 0 Å². The Morgan fingerprint density at radius 2 is 1.95 bits per heavy atom. The van der Waals surface area contributed by atoms with Gasteiger partial charge in [-0.3, -0.25) is 0 Å². The van der Waals surface area contributed by atoms with E-state index in [0.29, 0.717) is 24.1 Å². The second kappa shape index (κ2) is 7.53. The monoisotopic (exact) mass is 284 g/mol. The van der Waals surface area contributed by atoms with Crippen LogP contribution in [0.1, 0.15) is 29.2 Å². The van der Waals surface area contributed by atoms with Gasteiger partial charge in [0.1, 0.15) is 5.82 Å². The molecule has 3 nitrogen and oxygen atoms in total. The Balaban J connectivity index is 2.07. The van der Waals surface area contributed by atoms with Gasteiger partial charge in [0.2, 0.25) is 0 Å². The lowest BCUT2D eigenvalue weighted by Crippen LogP contribution is -2.22. The predicted octanol–water partition coefficient (Wildman–Crippen LogP) is 2.91. The van der Waals surface area contributed by atoms with Gasteiger partial charge in [-0.2, -0.15) is 5.26 Å². The van der Waals surface area contributed by atoms with Crippen LogP contribution in [-0.4, -0.2) is 11.7 Å². The van der Waals surface area contributed by atoms with E-state index in [4.69, 9.17) is 10.4 Å². The van der Waals surface area contributed by atoms with Crippen LogP contribution in [0.2, 0.25) is 0 Å². The first-order chi connectivity index (χ1) is 10.2. The average Bonchev–Trinajstić information content (AvgIpc) is 2.53. The molecule has 0 radical (unpaired) electrons. The molecule has 2 N–H and O–H groups in total. The minimum atomic E-state index is -0.391. The van der Waals surface area contributed by atoms with Crippen LogP contribution < -0.4 is 5.32 Å². The first-order valence-electron chi connectivity index (χ1n) is 6.82. The molecule has 0 aliphatic heterocycles. The molecule has 0 saturated heterocycles. The van der Waals surface area contributed by atoms with Crippen molar-refractivity contribution in [3.05, 3.63) is 71.0 Å². The Morgan fingerprint density at radius 3 is 2.57 bits per heavy atom. The van der Waals surface area contributed by atoms with Gasteiger partial charge in [-0.05, 0) is 24.1 Å². The van der Waals surface area contributed by atoms with E-state index >= 15 is 0 Å². The van der Waals surface area contributed by atoms with Gasteiger partial charge in [0.05, 0.1) is 11.6 Å². The van der Waals surface area contributed by atoms with E-state index in [0.717, 1.165) is 5.56 Å². The maximum Gasteiger partial charge on any atom is 0.129 e. The summed E-state index contributed by atoms with van der Waals surface area (Å²) in [6.45, 7) is 0.402. The van der Waals surface area contributed by atoms with Crippen molar-refractivity contribution in [2.24, 2.45) is 0 Å². The van der Waals surface area contributed by atoms with Crippen molar-refractivity contribution in [1.29, 1.82) is 5.26 Å². The van der Waals surface area contributed by atoms with Crippen LogP contribution in [0.4, 0.5) is 4.39 Å². The van der Waals surface area contributed by atoms with E-state index in [1.165, 1.54) is 6.07 Å². The highest BCUT2D eigenvalue weighted by atomic mass is 19.1. The van der Waals surface area contributed by atoms with Crippen LogP contribution in [0, 0.1) is 17.1 Å². The van der Waals surface area contributed by atoms with Crippen LogP contribution in [0.25, 0.3) is 0 Å². The molecule has 0 aliphatic rings. The largest absolute Gasteiger partial charge is 0.396 e. The van der Waals surface area contributed by atoms with E-state index in [2.05, 4.69) is 5.32 Å². The van der Waals surface area contributed by atoms with Gasteiger partial charge in [0, 0.05) is 24.8 Å². The molecule has 1 atom stereocenters. The van der Waals surface area contributed by atoms with Crippen LogP contribution >= 0.6 is 0 Å². The molecule has 0 amide bonds. The molecule has 0 saturated carbocycles. The van der Waals surface area contributed by atoms with Crippen LogP contribution in [0.5, 0.6) is 0 Å². The molecule has 2 aromatic carbocycles. The lowest BCUT2D eigenvalue weighted by atomic mass is 10.0. The minimum Gasteiger partial charge on any atom is -0.396 e. The number of aliphatic hydroxyl groups is 1. The fourth-order valence-electron chi connectivity index (χ4n) is 2.19. The topological polar surface area (TPSA) is 56.0 Å². The second-order valence-corrected chi connectivity index (χ2v) is 4.77. The van der Waals surface area contributed by atoms with E-state index in [1.807, 2.05) is 36.4 Å². The Labute approximate surface area is 123 Å². The van der Waals surface area contributed by atoms with Crippen molar-refractivity contribution in [2.45, 2.75) is 19.0 Å². The third kappa shape index (κ3) is 4.12. The lowest BCUT2D eigenvalue weighted by Gasteiger charge is -2.18. The SMILES string of the molecule is N#Cc1ccc(CNC(CCO)c2ccccc2)c(F)c1. The van der Waals surface area contributed by atoms with Gasteiger partial charge in [-0.15, -0.1) is 0 Å². The zero-order chi connectivity index (χ0) is 15.1. The van der Waals surface area contributed by atoms with E-state index in [1.54, 1.807) is 12.1 Å². The smallest absolute Gasteiger partial charge is 0.129 e. The first kappa shape index (κ1) is 15.2. The van der Waals surface area contributed by atoms with Gasteiger partial charge < -0.3 is 10.4 Å². The Morgan fingerprint density at radius 1 is 1.19 bits per heavy atom. The summed E-state index contributed by atoms with van der Waals surface area (Å²) in [7, 11) is 0. The van der Waals surface area contributed by atoms with Crippen molar-refractivity contribution in [2.75, 3.05) is 6.61 Å². The van der Waals surface area contributed by atoms with Gasteiger partial charge in [-0.1, -0.05) is 36.4 Å². The number of nitriles is 1. The number of aliphatic hydroxyl groups excluding tert-OH is 1. The predicted molar refractivity (Wildman–Crippen MR) is 78.8 cm³/mol. The zero-order valence-electron chi connectivity index (χ0n) is 11.6. The van der Waals surface area contributed by atoms with Crippen molar-refractivity contribution >= 4 is 0 Å². The molecule has 1 unspecified atom stereocenters. The van der Waals surface area contributed by atoms with Crippen molar-refractivity contribution in [1.82, 2.24) is 5.32 Å². The molecule has 108 valence electrons. The quantitative estimate of drug-likeness (QED) is 0.857. The Bertz CT molecular complexity index is 622. The summed E-state index contributed by atoms with van der Waals surface area (Å²) in [5.74, 6) is -0.391. The van der Waals surface area contributed by atoms with Crippen LogP contribution in [-0.2, 0) is 6.54 Å². The number of rotatable bonds is 6. The number of nitrogens with one attached hydrogen (secondary N) is 1. The van der Waals surface area contributed by atoms with Gasteiger partial charge in [-0.25, -0.2) is 4.39 Å². The molecule has 2 rings (SSSR count). The molecule has 0 fully saturated rings. The summed E-state index contributed by atoms with van der Waals surface area (Å²) in [5, 5.41) is 21.1. The fraction of sp³-hybridized carbons (Fsp3) is 0.235. The van der Waals surface area contributed by atoms with Crippen molar-refractivity contribution in [3.8, 4) is 6.07 Å². The molecule has 0 spiro atoms. The molecule has 0 aliphatic carbocycles. The van der Waals surface area contributed by atoms with Crippen molar-refractivity contribution in [3.63, 3.8) is 0 Å². The normalized spacial score (nSPS) is 11.9. The molecule has 0 aromatic heterocycles. The molecule has 2 aromatic rings. The molecule has 21 heavy (non-hydrogen) atoms. The van der Waals surface area contributed by atoms with Gasteiger partial charge in [0.25, 0.3) is 0 Å². The zero-order valence-corrected chi connectivity index (χ0v) is 11.6. The maximum atomic E-state index is 13.8. The lowest BCUT2D eigenvalue weighted by molar-refractivity contribution is 0.265. The summed E-state index contributed by atoms with van der Waals surface area (Å²) in [6, 6.07) is 16.1. The van der Waals surface area contributed by atoms with E-state index < -0.39 is 5.82 Å². The maximum absolute atomic E-state index is 13.8. The summed E-state index contributed by atoms with van der Waals surface area (Å²) in [5.41, 5.74) is 1.87. The number of halogens is 1. The van der Waals surface area contributed by atoms with E-state index in [9.17, 15) is 4.39 Å². The number of nitrogens with zero attached hydrogens (tertiary/aromatic N) is 1. The highest BCUT2D eigenvalue weighted by Gasteiger charge is 2.11. The van der Waals surface area contributed by atoms with Gasteiger partial charge >= 0.3 is 0 Å². The number of hydrogen-bond donors (Lipinski definition) is 2. The van der Waals surface area contributed by atoms with Crippen LogP contribution in [0.3, 0.4) is 0 Å². The Kier molecular flexibility index (Phi) is 5.44. The van der Waals surface area contributed by atoms with Crippen LogP contribution in [0.15, 0.2) is 48.5 Å². The minimum absolute atomic E-state index is 0.0359. The molecule has 4 heteroatoms. The standard InChI is InChI=1S/C17H17FN2O/c18-16-10-13(11-19)6-7-15(16)12-20-17(8-9-21)14-4-2-1-3-5-14/h1-7,10,17,20-21H,8-9,12H2. The average molecular weight is 284 g/mol. The summed E-state index contributed by atoms with van der Waals surface area (Å²) < 4.78 is 13.8. The number of benzene rings is 2. The Hall–Kier alpha value is -2.22. The highest BCUT2D eigenvalue weighted by molar-refractivity contribution is 5.33.